The Kier molecular flexibility index (Phi) is 7.66. The summed E-state index contributed by atoms with van der Waals surface area (Å²) < 4.78 is 10.5. The molecule has 0 aliphatic rings. The Morgan fingerprint density at radius 1 is 0.861 bits per heavy atom. The SMILES string of the molecule is CCN(C(=O)c1ccc(NC(=O)/C=C/c2ccc(OC)c(OC)c2)cc1)c1cccc2ccccc12. The summed E-state index contributed by atoms with van der Waals surface area (Å²) in [6.45, 7) is 2.49. The van der Waals surface area contributed by atoms with Gasteiger partial charge in [0.25, 0.3) is 5.91 Å². The van der Waals surface area contributed by atoms with Crippen LogP contribution in [0, 0.1) is 0 Å². The summed E-state index contributed by atoms with van der Waals surface area (Å²) in [5, 5.41) is 4.93. The summed E-state index contributed by atoms with van der Waals surface area (Å²) in [5.74, 6) is 0.829. The number of rotatable bonds is 8. The Labute approximate surface area is 210 Å². The molecule has 1 N–H and O–H groups in total. The maximum atomic E-state index is 13.3. The number of nitrogens with zero attached hydrogens (tertiary/aromatic N) is 1. The number of fused-ring (bicyclic) bond motifs is 1. The highest BCUT2D eigenvalue weighted by Crippen LogP contribution is 2.29. The lowest BCUT2D eigenvalue weighted by Crippen LogP contribution is -2.30. The number of nitrogens with one attached hydrogen (secondary N) is 1. The molecule has 0 fully saturated rings. The van der Waals surface area contributed by atoms with Crippen molar-refractivity contribution in [3.05, 3.63) is 102 Å². The maximum Gasteiger partial charge on any atom is 0.258 e. The summed E-state index contributed by atoms with van der Waals surface area (Å²) in [4.78, 5) is 27.5. The number of carbonyl (C=O) groups excluding carboxylic acids is 2. The van der Waals surface area contributed by atoms with Crippen molar-refractivity contribution in [2.45, 2.75) is 6.92 Å². The van der Waals surface area contributed by atoms with Crippen LogP contribution in [0.4, 0.5) is 11.4 Å². The second-order valence-corrected chi connectivity index (χ2v) is 8.06. The lowest BCUT2D eigenvalue weighted by molar-refractivity contribution is -0.111. The Bertz CT molecular complexity index is 1410. The molecule has 0 aliphatic carbocycles. The minimum absolute atomic E-state index is 0.0971. The van der Waals surface area contributed by atoms with Gasteiger partial charge < -0.3 is 19.7 Å². The van der Waals surface area contributed by atoms with E-state index < -0.39 is 0 Å². The number of hydrogen-bond acceptors (Lipinski definition) is 4. The van der Waals surface area contributed by atoms with Gasteiger partial charge in [-0.15, -0.1) is 0 Å². The molecule has 0 atom stereocenters. The van der Waals surface area contributed by atoms with Crippen LogP contribution < -0.4 is 19.7 Å². The molecule has 4 aromatic rings. The zero-order chi connectivity index (χ0) is 25.5. The van der Waals surface area contributed by atoms with Crippen molar-refractivity contribution < 1.29 is 19.1 Å². The third kappa shape index (κ3) is 5.39. The normalized spacial score (nSPS) is 10.9. The smallest absolute Gasteiger partial charge is 0.258 e. The van der Waals surface area contributed by atoms with E-state index in [4.69, 9.17) is 9.47 Å². The summed E-state index contributed by atoms with van der Waals surface area (Å²) in [6, 6.07) is 26.3. The van der Waals surface area contributed by atoms with E-state index >= 15 is 0 Å². The van der Waals surface area contributed by atoms with Gasteiger partial charge in [0.1, 0.15) is 0 Å². The molecule has 36 heavy (non-hydrogen) atoms. The first-order valence-corrected chi connectivity index (χ1v) is 11.6. The Balaban J connectivity index is 1.45. The van der Waals surface area contributed by atoms with Crippen molar-refractivity contribution in [3.63, 3.8) is 0 Å². The average molecular weight is 481 g/mol. The van der Waals surface area contributed by atoms with Gasteiger partial charge in [-0.3, -0.25) is 9.59 Å². The highest BCUT2D eigenvalue weighted by Gasteiger charge is 2.18. The molecule has 6 nitrogen and oxygen atoms in total. The van der Waals surface area contributed by atoms with E-state index in [1.165, 1.54) is 6.08 Å². The largest absolute Gasteiger partial charge is 0.493 e. The molecule has 0 heterocycles. The van der Waals surface area contributed by atoms with Crippen LogP contribution in [0.25, 0.3) is 16.8 Å². The third-order valence-corrected chi connectivity index (χ3v) is 5.85. The molecule has 0 aliphatic heterocycles. The molecule has 4 aromatic carbocycles. The molecule has 0 spiro atoms. The van der Waals surface area contributed by atoms with Crippen LogP contribution >= 0.6 is 0 Å². The first-order chi connectivity index (χ1) is 17.5. The number of anilines is 2. The first kappa shape index (κ1) is 24.5. The second kappa shape index (κ2) is 11.2. The number of methoxy groups -OCH3 is 2. The fourth-order valence-corrected chi connectivity index (χ4v) is 4.03. The zero-order valence-corrected chi connectivity index (χ0v) is 20.5. The number of carbonyl (C=O) groups is 2. The lowest BCUT2D eigenvalue weighted by Gasteiger charge is -2.23. The van der Waals surface area contributed by atoms with E-state index in [1.54, 1.807) is 61.6 Å². The first-order valence-electron chi connectivity index (χ1n) is 11.6. The van der Waals surface area contributed by atoms with E-state index in [0.29, 0.717) is 29.3 Å². The van der Waals surface area contributed by atoms with Gasteiger partial charge in [0, 0.05) is 29.3 Å². The molecule has 0 aromatic heterocycles. The number of benzene rings is 4. The van der Waals surface area contributed by atoms with Crippen LogP contribution in [0.2, 0.25) is 0 Å². The van der Waals surface area contributed by atoms with E-state index in [2.05, 4.69) is 5.32 Å². The van der Waals surface area contributed by atoms with Crippen molar-refractivity contribution in [1.29, 1.82) is 0 Å². The third-order valence-electron chi connectivity index (χ3n) is 5.85. The monoisotopic (exact) mass is 480 g/mol. The van der Waals surface area contributed by atoms with Crippen LogP contribution in [0.3, 0.4) is 0 Å². The zero-order valence-electron chi connectivity index (χ0n) is 20.5. The molecule has 0 radical (unpaired) electrons. The van der Waals surface area contributed by atoms with Crippen molar-refractivity contribution >= 4 is 40.0 Å². The summed E-state index contributed by atoms with van der Waals surface area (Å²) in [6.07, 6.45) is 3.14. The molecule has 0 saturated heterocycles. The summed E-state index contributed by atoms with van der Waals surface area (Å²) >= 11 is 0. The van der Waals surface area contributed by atoms with Gasteiger partial charge in [-0.2, -0.15) is 0 Å². The van der Waals surface area contributed by atoms with E-state index in [0.717, 1.165) is 22.0 Å². The van der Waals surface area contributed by atoms with Crippen molar-refractivity contribution in [2.24, 2.45) is 0 Å². The van der Waals surface area contributed by atoms with Gasteiger partial charge in [0.15, 0.2) is 11.5 Å². The van der Waals surface area contributed by atoms with Crippen LogP contribution in [0.15, 0.2) is 91.0 Å². The van der Waals surface area contributed by atoms with Gasteiger partial charge in [-0.1, -0.05) is 42.5 Å². The van der Waals surface area contributed by atoms with Gasteiger partial charge in [0.2, 0.25) is 5.91 Å². The molecule has 0 unspecified atom stereocenters. The standard InChI is InChI=1S/C30H28N2O4/c1-4-32(26-11-7-9-22-8-5-6-10-25(22)26)30(34)23-14-16-24(17-15-23)31-29(33)19-13-21-12-18-27(35-2)28(20-21)36-3/h5-20H,4H2,1-3H3,(H,31,33)/b19-13+. The Hall–Kier alpha value is -4.58. The second-order valence-electron chi connectivity index (χ2n) is 8.06. The van der Waals surface area contributed by atoms with Gasteiger partial charge in [-0.25, -0.2) is 0 Å². The van der Waals surface area contributed by atoms with E-state index in [9.17, 15) is 9.59 Å². The molecular formula is C30H28N2O4. The predicted octanol–water partition coefficient (Wildman–Crippen LogP) is 6.18. The Morgan fingerprint density at radius 3 is 2.31 bits per heavy atom. The van der Waals surface area contributed by atoms with E-state index in [-0.39, 0.29) is 11.8 Å². The molecular weight excluding hydrogens is 452 g/mol. The molecule has 0 bridgehead atoms. The van der Waals surface area contributed by atoms with Crippen LogP contribution in [0.5, 0.6) is 11.5 Å². The minimum atomic E-state index is -0.283. The van der Waals surface area contributed by atoms with E-state index in [1.807, 2.05) is 55.5 Å². The van der Waals surface area contributed by atoms with Crippen LogP contribution in [-0.4, -0.2) is 32.6 Å². The van der Waals surface area contributed by atoms with Crippen LogP contribution in [-0.2, 0) is 4.79 Å². The van der Waals surface area contributed by atoms with Gasteiger partial charge >= 0.3 is 0 Å². The Morgan fingerprint density at radius 2 is 1.58 bits per heavy atom. The minimum Gasteiger partial charge on any atom is -0.493 e. The maximum absolute atomic E-state index is 13.3. The topological polar surface area (TPSA) is 67.9 Å². The highest BCUT2D eigenvalue weighted by atomic mass is 16.5. The highest BCUT2D eigenvalue weighted by molar-refractivity contribution is 6.11. The fourth-order valence-electron chi connectivity index (χ4n) is 4.03. The quantitative estimate of drug-likeness (QED) is 0.306. The average Bonchev–Trinajstić information content (AvgIpc) is 2.92. The lowest BCUT2D eigenvalue weighted by atomic mass is 10.1. The number of ether oxygens (including phenoxy) is 2. The molecule has 4 rings (SSSR count). The molecule has 0 saturated carbocycles. The summed E-state index contributed by atoms with van der Waals surface area (Å²) in [5.41, 5.74) is 2.82. The van der Waals surface area contributed by atoms with Gasteiger partial charge in [0.05, 0.1) is 19.9 Å². The number of amides is 2. The van der Waals surface area contributed by atoms with Gasteiger partial charge in [-0.05, 0) is 66.4 Å². The van der Waals surface area contributed by atoms with Crippen LogP contribution in [0.1, 0.15) is 22.8 Å². The van der Waals surface area contributed by atoms with Crippen molar-refractivity contribution in [2.75, 3.05) is 31.0 Å². The van der Waals surface area contributed by atoms with Crippen molar-refractivity contribution in [1.82, 2.24) is 0 Å². The van der Waals surface area contributed by atoms with Crippen molar-refractivity contribution in [3.8, 4) is 11.5 Å². The molecule has 2 amide bonds. The predicted molar refractivity (Wildman–Crippen MR) is 145 cm³/mol. The molecule has 182 valence electrons. The fraction of sp³-hybridized carbons (Fsp3) is 0.133. The molecule has 6 heteroatoms. The number of hydrogen-bond donors (Lipinski definition) is 1. The summed E-state index contributed by atoms with van der Waals surface area (Å²) in [7, 11) is 3.14.